The fourth-order valence-corrected chi connectivity index (χ4v) is 3.46. The lowest BCUT2D eigenvalue weighted by molar-refractivity contribution is -0.133. The monoisotopic (exact) mass is 410 g/mol. The molecule has 0 radical (unpaired) electrons. The number of carbonyl (C=O) groups is 1. The Morgan fingerprint density at radius 1 is 1.07 bits per heavy atom. The van der Waals surface area contributed by atoms with Crippen LogP contribution >= 0.6 is 0 Å². The van der Waals surface area contributed by atoms with Crippen molar-refractivity contribution in [2.75, 3.05) is 37.7 Å². The first-order valence-electron chi connectivity index (χ1n) is 9.77. The first-order chi connectivity index (χ1) is 14.5. The minimum atomic E-state index is -0.475. The standard InChI is InChI=1S/C21H23FN6O2/c1-15-11-16(2)28(25-15)20-12-19(23-14-24-20)26-7-9-27(10-8-26)21(29)13-30-18-6-4-3-5-17(18)22/h3-6,11-12,14H,7-10,13H2,1-2H3. The van der Waals surface area contributed by atoms with Gasteiger partial charge in [0, 0.05) is 37.9 Å². The van der Waals surface area contributed by atoms with Gasteiger partial charge in [0.25, 0.3) is 5.91 Å². The van der Waals surface area contributed by atoms with Crippen molar-refractivity contribution < 1.29 is 13.9 Å². The molecule has 1 aromatic carbocycles. The largest absolute Gasteiger partial charge is 0.481 e. The average Bonchev–Trinajstić information content (AvgIpc) is 3.11. The van der Waals surface area contributed by atoms with Crippen LogP contribution in [0, 0.1) is 19.7 Å². The Morgan fingerprint density at radius 2 is 1.80 bits per heavy atom. The second-order valence-corrected chi connectivity index (χ2v) is 7.16. The molecule has 0 saturated carbocycles. The van der Waals surface area contributed by atoms with E-state index in [1.165, 1.54) is 18.5 Å². The summed E-state index contributed by atoms with van der Waals surface area (Å²) >= 11 is 0. The molecule has 1 aliphatic rings. The molecule has 8 nitrogen and oxygen atoms in total. The van der Waals surface area contributed by atoms with E-state index >= 15 is 0 Å². The highest BCUT2D eigenvalue weighted by Gasteiger charge is 2.23. The second-order valence-electron chi connectivity index (χ2n) is 7.16. The maximum Gasteiger partial charge on any atom is 0.260 e. The van der Waals surface area contributed by atoms with Crippen molar-refractivity contribution in [2.45, 2.75) is 13.8 Å². The summed E-state index contributed by atoms with van der Waals surface area (Å²) in [6.07, 6.45) is 1.53. The van der Waals surface area contributed by atoms with Crippen LogP contribution in [0.3, 0.4) is 0 Å². The zero-order valence-corrected chi connectivity index (χ0v) is 17.0. The SMILES string of the molecule is Cc1cc(C)n(-c2cc(N3CCN(C(=O)COc4ccccc4F)CC3)ncn2)n1. The van der Waals surface area contributed by atoms with Gasteiger partial charge in [-0.25, -0.2) is 19.0 Å². The van der Waals surface area contributed by atoms with Gasteiger partial charge in [-0.15, -0.1) is 0 Å². The minimum absolute atomic E-state index is 0.0853. The predicted molar refractivity (Wildman–Crippen MR) is 109 cm³/mol. The van der Waals surface area contributed by atoms with Gasteiger partial charge in [0.2, 0.25) is 0 Å². The molecule has 1 amide bonds. The predicted octanol–water partition coefficient (Wildman–Crippen LogP) is 2.15. The van der Waals surface area contributed by atoms with Crippen LogP contribution in [0.4, 0.5) is 10.2 Å². The average molecular weight is 410 g/mol. The van der Waals surface area contributed by atoms with E-state index in [1.807, 2.05) is 26.0 Å². The Balaban J connectivity index is 1.35. The van der Waals surface area contributed by atoms with Crippen molar-refractivity contribution >= 4 is 11.7 Å². The van der Waals surface area contributed by atoms with Crippen LogP contribution in [0.2, 0.25) is 0 Å². The topological polar surface area (TPSA) is 76.4 Å². The Bertz CT molecular complexity index is 1050. The van der Waals surface area contributed by atoms with Gasteiger partial charge in [0.1, 0.15) is 12.1 Å². The van der Waals surface area contributed by atoms with E-state index in [0.29, 0.717) is 32.0 Å². The van der Waals surface area contributed by atoms with Crippen LogP contribution in [0.1, 0.15) is 11.4 Å². The molecule has 0 unspecified atom stereocenters. The normalized spacial score (nSPS) is 14.1. The van der Waals surface area contributed by atoms with Gasteiger partial charge in [-0.3, -0.25) is 4.79 Å². The first-order valence-corrected chi connectivity index (χ1v) is 9.77. The first kappa shape index (κ1) is 19.8. The van der Waals surface area contributed by atoms with Crippen LogP contribution < -0.4 is 9.64 Å². The number of benzene rings is 1. The maximum absolute atomic E-state index is 13.6. The van der Waals surface area contributed by atoms with E-state index in [2.05, 4.69) is 20.0 Å². The number of hydrogen-bond acceptors (Lipinski definition) is 6. The molecule has 30 heavy (non-hydrogen) atoms. The van der Waals surface area contributed by atoms with Crippen LogP contribution in [0.25, 0.3) is 5.82 Å². The molecule has 2 aromatic heterocycles. The van der Waals surface area contributed by atoms with E-state index in [1.54, 1.807) is 21.7 Å². The Kier molecular flexibility index (Phi) is 5.60. The number of ether oxygens (including phenoxy) is 1. The van der Waals surface area contributed by atoms with Gasteiger partial charge in [-0.05, 0) is 32.0 Å². The zero-order valence-electron chi connectivity index (χ0n) is 17.0. The molecule has 4 rings (SSSR count). The number of para-hydroxylation sites is 1. The van der Waals surface area contributed by atoms with Crippen LogP contribution in [0.5, 0.6) is 5.75 Å². The molecule has 0 spiro atoms. The number of hydrogen-bond donors (Lipinski definition) is 0. The van der Waals surface area contributed by atoms with E-state index in [4.69, 9.17) is 4.74 Å². The van der Waals surface area contributed by atoms with Gasteiger partial charge in [0.15, 0.2) is 24.0 Å². The third kappa shape index (κ3) is 4.24. The van der Waals surface area contributed by atoms with Gasteiger partial charge in [0.05, 0.1) is 5.69 Å². The van der Waals surface area contributed by atoms with Crippen molar-refractivity contribution in [3.8, 4) is 11.6 Å². The van der Waals surface area contributed by atoms with Crippen molar-refractivity contribution in [2.24, 2.45) is 0 Å². The molecule has 156 valence electrons. The summed E-state index contributed by atoms with van der Waals surface area (Å²) in [4.78, 5) is 25.0. The van der Waals surface area contributed by atoms with Crippen LogP contribution in [-0.4, -0.2) is 63.3 Å². The number of anilines is 1. The lowest BCUT2D eigenvalue weighted by atomic mass is 10.3. The molecule has 3 heterocycles. The third-order valence-electron chi connectivity index (χ3n) is 5.01. The summed E-state index contributed by atoms with van der Waals surface area (Å²) in [5, 5.41) is 4.47. The molecular weight excluding hydrogens is 387 g/mol. The highest BCUT2D eigenvalue weighted by Crippen LogP contribution is 2.18. The van der Waals surface area contributed by atoms with Crippen molar-refractivity contribution in [3.05, 3.63) is 59.9 Å². The Labute approximate surface area is 173 Å². The number of piperazine rings is 1. The van der Waals surface area contributed by atoms with Gasteiger partial charge >= 0.3 is 0 Å². The van der Waals surface area contributed by atoms with E-state index < -0.39 is 5.82 Å². The van der Waals surface area contributed by atoms with Gasteiger partial charge < -0.3 is 14.5 Å². The summed E-state index contributed by atoms with van der Waals surface area (Å²) in [6.45, 7) is 6.10. The van der Waals surface area contributed by atoms with Crippen molar-refractivity contribution in [3.63, 3.8) is 0 Å². The van der Waals surface area contributed by atoms with Gasteiger partial charge in [-0.1, -0.05) is 12.1 Å². The summed E-state index contributed by atoms with van der Waals surface area (Å²) < 4.78 is 20.8. The molecule has 0 aliphatic carbocycles. The smallest absolute Gasteiger partial charge is 0.260 e. The molecule has 1 fully saturated rings. The number of rotatable bonds is 5. The molecule has 0 N–H and O–H groups in total. The number of nitrogens with zero attached hydrogens (tertiary/aromatic N) is 6. The van der Waals surface area contributed by atoms with Crippen molar-refractivity contribution in [1.82, 2.24) is 24.6 Å². The highest BCUT2D eigenvalue weighted by atomic mass is 19.1. The van der Waals surface area contributed by atoms with E-state index in [9.17, 15) is 9.18 Å². The molecule has 9 heteroatoms. The van der Waals surface area contributed by atoms with Crippen LogP contribution in [-0.2, 0) is 4.79 Å². The molecule has 3 aromatic rings. The molecule has 1 saturated heterocycles. The van der Waals surface area contributed by atoms with E-state index in [-0.39, 0.29) is 18.3 Å². The second kappa shape index (κ2) is 8.48. The number of aryl methyl sites for hydroxylation is 2. The number of halogens is 1. The lowest BCUT2D eigenvalue weighted by Gasteiger charge is -2.35. The molecule has 1 aliphatic heterocycles. The van der Waals surface area contributed by atoms with Crippen molar-refractivity contribution in [1.29, 1.82) is 0 Å². The summed E-state index contributed by atoms with van der Waals surface area (Å²) in [7, 11) is 0. The fraction of sp³-hybridized carbons (Fsp3) is 0.333. The number of amides is 1. The van der Waals surface area contributed by atoms with Crippen LogP contribution in [0.15, 0.2) is 42.7 Å². The zero-order chi connectivity index (χ0) is 21.1. The summed E-state index contributed by atoms with van der Waals surface area (Å²) in [5.41, 5.74) is 1.93. The van der Waals surface area contributed by atoms with Gasteiger partial charge in [-0.2, -0.15) is 5.10 Å². The Morgan fingerprint density at radius 3 is 2.50 bits per heavy atom. The summed E-state index contributed by atoms with van der Waals surface area (Å²) in [5.74, 6) is 0.952. The highest BCUT2D eigenvalue weighted by molar-refractivity contribution is 5.78. The molecular formula is C21H23FN6O2. The quantitative estimate of drug-likeness (QED) is 0.642. The van der Waals surface area contributed by atoms with E-state index in [0.717, 1.165) is 17.2 Å². The Hall–Kier alpha value is -3.49. The fourth-order valence-electron chi connectivity index (χ4n) is 3.46. The number of aromatic nitrogens is 4. The third-order valence-corrected chi connectivity index (χ3v) is 5.01. The summed E-state index contributed by atoms with van der Waals surface area (Å²) in [6, 6.07) is 9.96. The minimum Gasteiger partial charge on any atom is -0.481 e. The molecule has 0 bridgehead atoms. The molecule has 0 atom stereocenters. The number of carbonyl (C=O) groups excluding carboxylic acids is 1. The maximum atomic E-state index is 13.6. The lowest BCUT2D eigenvalue weighted by Crippen LogP contribution is -2.50.